The highest BCUT2D eigenvalue weighted by Gasteiger charge is 2.13. The number of aryl methyl sites for hydroxylation is 1. The molecular weight excluding hydrogens is 286 g/mol. The van der Waals surface area contributed by atoms with Crippen LogP contribution in [0.3, 0.4) is 0 Å². The highest BCUT2D eigenvalue weighted by Crippen LogP contribution is 2.37. The Bertz CT molecular complexity index is 507. The summed E-state index contributed by atoms with van der Waals surface area (Å²) in [5.41, 5.74) is 1.11. The summed E-state index contributed by atoms with van der Waals surface area (Å²) in [4.78, 5) is 1.04. The first-order valence-corrected chi connectivity index (χ1v) is 8.06. The van der Waals surface area contributed by atoms with Crippen LogP contribution in [-0.4, -0.2) is 23.3 Å². The Labute approximate surface area is 120 Å². The molecule has 0 fully saturated rings. The first-order chi connectivity index (χ1) is 8.72. The van der Waals surface area contributed by atoms with Crippen molar-refractivity contribution in [2.24, 2.45) is 0 Å². The van der Waals surface area contributed by atoms with E-state index in [0.29, 0.717) is 0 Å². The SMILES string of the molecule is CCCNCCc1nnc(-c2scc(C)c2Cl)s1. The van der Waals surface area contributed by atoms with Crippen molar-refractivity contribution in [2.45, 2.75) is 26.7 Å². The van der Waals surface area contributed by atoms with Gasteiger partial charge >= 0.3 is 0 Å². The van der Waals surface area contributed by atoms with Crippen molar-refractivity contribution in [2.75, 3.05) is 13.1 Å². The van der Waals surface area contributed by atoms with Crippen LogP contribution < -0.4 is 5.32 Å². The minimum atomic E-state index is 0.812. The Morgan fingerprint density at radius 1 is 1.33 bits per heavy atom. The molecule has 0 aromatic carbocycles. The van der Waals surface area contributed by atoms with E-state index in [0.717, 1.165) is 51.4 Å². The number of nitrogens with one attached hydrogen (secondary N) is 1. The molecule has 1 N–H and O–H groups in total. The summed E-state index contributed by atoms with van der Waals surface area (Å²) in [6.45, 7) is 6.19. The molecule has 6 heteroatoms. The van der Waals surface area contributed by atoms with E-state index in [1.165, 1.54) is 0 Å². The molecule has 18 heavy (non-hydrogen) atoms. The van der Waals surface area contributed by atoms with Gasteiger partial charge in [0.05, 0.1) is 9.90 Å². The number of halogens is 1. The van der Waals surface area contributed by atoms with E-state index in [9.17, 15) is 0 Å². The van der Waals surface area contributed by atoms with Crippen molar-refractivity contribution < 1.29 is 0 Å². The normalized spacial score (nSPS) is 11.1. The van der Waals surface area contributed by atoms with Gasteiger partial charge in [-0.1, -0.05) is 29.9 Å². The summed E-state index contributed by atoms with van der Waals surface area (Å²) >= 11 is 9.51. The number of hydrogen-bond donors (Lipinski definition) is 1. The van der Waals surface area contributed by atoms with E-state index in [4.69, 9.17) is 11.6 Å². The Balaban J connectivity index is 2.00. The monoisotopic (exact) mass is 301 g/mol. The van der Waals surface area contributed by atoms with Crippen LogP contribution in [0.4, 0.5) is 0 Å². The Hall–Kier alpha value is -0.490. The number of aromatic nitrogens is 2. The fraction of sp³-hybridized carbons (Fsp3) is 0.500. The molecule has 0 radical (unpaired) electrons. The van der Waals surface area contributed by atoms with Crippen LogP contribution in [-0.2, 0) is 6.42 Å². The predicted molar refractivity (Wildman–Crippen MR) is 79.8 cm³/mol. The molecule has 0 saturated carbocycles. The Morgan fingerprint density at radius 2 is 2.17 bits per heavy atom. The fourth-order valence-electron chi connectivity index (χ4n) is 1.52. The van der Waals surface area contributed by atoms with E-state index in [1.807, 2.05) is 6.92 Å². The molecule has 98 valence electrons. The van der Waals surface area contributed by atoms with Crippen molar-refractivity contribution in [1.82, 2.24) is 15.5 Å². The Morgan fingerprint density at radius 3 is 2.83 bits per heavy atom. The zero-order chi connectivity index (χ0) is 13.0. The molecule has 2 rings (SSSR count). The molecule has 0 aliphatic heterocycles. The maximum Gasteiger partial charge on any atom is 0.159 e. The molecule has 2 heterocycles. The molecule has 2 aromatic rings. The van der Waals surface area contributed by atoms with E-state index in [2.05, 4.69) is 27.8 Å². The minimum Gasteiger partial charge on any atom is -0.316 e. The first kappa shape index (κ1) is 13.9. The smallest absolute Gasteiger partial charge is 0.159 e. The van der Waals surface area contributed by atoms with Crippen LogP contribution in [0.2, 0.25) is 5.02 Å². The molecular formula is C12H16ClN3S2. The molecule has 0 atom stereocenters. The molecule has 0 unspecified atom stereocenters. The van der Waals surface area contributed by atoms with Crippen LogP contribution in [0.15, 0.2) is 5.38 Å². The lowest BCUT2D eigenvalue weighted by molar-refractivity contribution is 0.668. The molecule has 2 aromatic heterocycles. The molecule has 0 aliphatic carbocycles. The summed E-state index contributed by atoms with van der Waals surface area (Å²) in [6.07, 6.45) is 2.09. The van der Waals surface area contributed by atoms with Gasteiger partial charge in [-0.2, -0.15) is 0 Å². The average Bonchev–Trinajstić information content (AvgIpc) is 2.94. The number of hydrogen-bond acceptors (Lipinski definition) is 5. The highest BCUT2D eigenvalue weighted by atomic mass is 35.5. The summed E-state index contributed by atoms with van der Waals surface area (Å²) in [5, 5.41) is 16.7. The van der Waals surface area contributed by atoms with Gasteiger partial charge in [0.2, 0.25) is 0 Å². The molecule has 0 amide bonds. The van der Waals surface area contributed by atoms with E-state index in [1.54, 1.807) is 22.7 Å². The van der Waals surface area contributed by atoms with Crippen molar-refractivity contribution in [1.29, 1.82) is 0 Å². The van der Waals surface area contributed by atoms with E-state index < -0.39 is 0 Å². The van der Waals surface area contributed by atoms with Crippen LogP contribution >= 0.6 is 34.3 Å². The lowest BCUT2D eigenvalue weighted by Gasteiger charge is -1.98. The second kappa shape index (κ2) is 6.61. The van der Waals surface area contributed by atoms with Gasteiger partial charge in [0.1, 0.15) is 5.01 Å². The van der Waals surface area contributed by atoms with Crippen LogP contribution in [0, 0.1) is 6.92 Å². The summed E-state index contributed by atoms with van der Waals surface area (Å²) in [6, 6.07) is 0. The van der Waals surface area contributed by atoms with Gasteiger partial charge in [-0.15, -0.1) is 21.5 Å². The molecule has 0 bridgehead atoms. The third kappa shape index (κ3) is 3.29. The maximum atomic E-state index is 6.24. The summed E-state index contributed by atoms with van der Waals surface area (Å²) in [7, 11) is 0. The van der Waals surface area contributed by atoms with Crippen molar-refractivity contribution in [3.8, 4) is 9.88 Å². The minimum absolute atomic E-state index is 0.812. The summed E-state index contributed by atoms with van der Waals surface area (Å²) in [5.74, 6) is 0. The fourth-order valence-corrected chi connectivity index (χ4v) is 3.79. The standard InChI is InChI=1S/C12H16ClN3S2/c1-3-5-14-6-4-9-15-16-12(18-9)11-10(13)8(2)7-17-11/h7,14H,3-6H2,1-2H3. The second-order valence-corrected chi connectivity index (χ2v) is 6.38. The summed E-state index contributed by atoms with van der Waals surface area (Å²) < 4.78 is 0. The van der Waals surface area contributed by atoms with Gasteiger partial charge in [0.25, 0.3) is 0 Å². The van der Waals surface area contributed by atoms with Gasteiger partial charge in [-0.25, -0.2) is 0 Å². The maximum absolute atomic E-state index is 6.24. The van der Waals surface area contributed by atoms with E-state index in [-0.39, 0.29) is 0 Å². The van der Waals surface area contributed by atoms with Gasteiger partial charge in [-0.05, 0) is 30.8 Å². The molecule has 0 saturated heterocycles. The van der Waals surface area contributed by atoms with Crippen molar-refractivity contribution >= 4 is 34.3 Å². The lowest BCUT2D eigenvalue weighted by Crippen LogP contribution is -2.17. The van der Waals surface area contributed by atoms with Crippen LogP contribution in [0.5, 0.6) is 0 Å². The first-order valence-electron chi connectivity index (χ1n) is 5.99. The Kier molecular flexibility index (Phi) is 5.12. The quantitative estimate of drug-likeness (QED) is 0.825. The second-order valence-electron chi connectivity index (χ2n) is 4.06. The lowest BCUT2D eigenvalue weighted by atomic mass is 10.3. The third-order valence-electron chi connectivity index (χ3n) is 2.50. The van der Waals surface area contributed by atoms with Crippen molar-refractivity contribution in [3.05, 3.63) is 21.0 Å². The van der Waals surface area contributed by atoms with Gasteiger partial charge in [0.15, 0.2) is 5.01 Å². The zero-order valence-electron chi connectivity index (χ0n) is 10.5. The topological polar surface area (TPSA) is 37.8 Å². The number of thiophene rings is 1. The van der Waals surface area contributed by atoms with Crippen LogP contribution in [0.25, 0.3) is 9.88 Å². The predicted octanol–water partition coefficient (Wildman–Crippen LogP) is 3.77. The van der Waals surface area contributed by atoms with E-state index >= 15 is 0 Å². The molecule has 0 spiro atoms. The van der Waals surface area contributed by atoms with Gasteiger partial charge in [0, 0.05) is 13.0 Å². The number of rotatable bonds is 6. The molecule has 3 nitrogen and oxygen atoms in total. The van der Waals surface area contributed by atoms with Crippen LogP contribution in [0.1, 0.15) is 23.9 Å². The van der Waals surface area contributed by atoms with Gasteiger partial charge < -0.3 is 5.32 Å². The zero-order valence-corrected chi connectivity index (χ0v) is 12.9. The van der Waals surface area contributed by atoms with Gasteiger partial charge in [-0.3, -0.25) is 0 Å². The average molecular weight is 302 g/mol. The molecule has 0 aliphatic rings. The van der Waals surface area contributed by atoms with Crippen molar-refractivity contribution in [3.63, 3.8) is 0 Å². The highest BCUT2D eigenvalue weighted by molar-refractivity contribution is 7.21. The largest absolute Gasteiger partial charge is 0.316 e. The number of nitrogens with zero attached hydrogens (tertiary/aromatic N) is 2. The third-order valence-corrected chi connectivity index (χ3v) is 5.34.